The fourth-order valence-electron chi connectivity index (χ4n) is 2.44. The van der Waals surface area contributed by atoms with Crippen LogP contribution in [0, 0.1) is 6.92 Å². The Hall–Kier alpha value is -2.41. The number of aromatic amines is 1. The molecule has 1 aliphatic rings. The average molecular weight is 272 g/mol. The lowest BCUT2D eigenvalue weighted by molar-refractivity contribution is 0.225. The lowest BCUT2D eigenvalue weighted by Gasteiger charge is -2.34. The summed E-state index contributed by atoms with van der Waals surface area (Å²) in [7, 11) is 0. The molecule has 0 aromatic carbocycles. The van der Waals surface area contributed by atoms with Gasteiger partial charge in [-0.15, -0.1) is 0 Å². The Morgan fingerprint density at radius 1 is 1.45 bits per heavy atom. The molecule has 0 saturated heterocycles. The van der Waals surface area contributed by atoms with E-state index in [2.05, 4.69) is 19.9 Å². The number of aromatic nitrogens is 4. The van der Waals surface area contributed by atoms with Crippen LogP contribution in [-0.2, 0) is 0 Å². The summed E-state index contributed by atoms with van der Waals surface area (Å²) in [6.07, 6.45) is 4.36. The van der Waals surface area contributed by atoms with Crippen molar-refractivity contribution in [2.24, 2.45) is 0 Å². The Bertz CT molecular complexity index is 664. The van der Waals surface area contributed by atoms with Crippen LogP contribution in [0.3, 0.4) is 0 Å². The third-order valence-corrected chi connectivity index (χ3v) is 3.43. The van der Waals surface area contributed by atoms with Crippen LogP contribution in [0.4, 0.5) is 11.8 Å². The Morgan fingerprint density at radius 2 is 2.25 bits per heavy atom. The molecule has 20 heavy (non-hydrogen) atoms. The summed E-state index contributed by atoms with van der Waals surface area (Å²) in [6.45, 7) is 4.44. The van der Waals surface area contributed by atoms with Gasteiger partial charge in [0.25, 0.3) is 0 Å². The van der Waals surface area contributed by atoms with Crippen molar-refractivity contribution in [3.05, 3.63) is 29.5 Å². The van der Waals surface area contributed by atoms with Crippen molar-refractivity contribution in [2.45, 2.75) is 20.1 Å². The van der Waals surface area contributed by atoms with Gasteiger partial charge in [-0.3, -0.25) is 0 Å². The summed E-state index contributed by atoms with van der Waals surface area (Å²) in [5.74, 6) is 0.874. The predicted molar refractivity (Wildman–Crippen MR) is 76.7 cm³/mol. The molecule has 0 saturated carbocycles. The van der Waals surface area contributed by atoms with Gasteiger partial charge in [0.05, 0.1) is 23.9 Å². The van der Waals surface area contributed by atoms with Crippen molar-refractivity contribution >= 4 is 23.4 Å². The van der Waals surface area contributed by atoms with Crippen LogP contribution in [-0.4, -0.2) is 37.8 Å². The molecule has 0 spiro atoms. The molecule has 4 N–H and O–H groups in total. The maximum absolute atomic E-state index is 10.5. The van der Waals surface area contributed by atoms with Crippen LogP contribution in [0.1, 0.15) is 23.9 Å². The summed E-state index contributed by atoms with van der Waals surface area (Å²) in [4.78, 5) is 17.2. The number of imidazole rings is 1. The molecule has 1 aliphatic heterocycles. The monoisotopic (exact) mass is 272 g/mol. The van der Waals surface area contributed by atoms with Gasteiger partial charge in [-0.25, -0.2) is 9.97 Å². The number of hydrogen-bond donors (Lipinski definition) is 3. The topological polar surface area (TPSA) is 104 Å². The number of aliphatic hydroxyl groups excluding tert-OH is 1. The number of likely N-dealkylation sites (N-methyl/N-ethyl adjacent to an activating group) is 1. The molecule has 3 rings (SSSR count). The van der Waals surface area contributed by atoms with Gasteiger partial charge in [0.15, 0.2) is 6.23 Å². The number of fused-ring (bicyclic) bond motifs is 1. The van der Waals surface area contributed by atoms with Crippen LogP contribution < -0.4 is 10.6 Å². The first kappa shape index (κ1) is 12.6. The summed E-state index contributed by atoms with van der Waals surface area (Å²) in [5, 5.41) is 10.5. The van der Waals surface area contributed by atoms with Crippen LogP contribution in [0.25, 0.3) is 11.6 Å². The first-order chi connectivity index (χ1) is 9.61. The number of aryl methyl sites for hydroxylation is 1. The third kappa shape index (κ3) is 1.83. The number of aliphatic hydroxyl groups is 1. The van der Waals surface area contributed by atoms with E-state index in [0.717, 1.165) is 22.5 Å². The van der Waals surface area contributed by atoms with E-state index in [1.54, 1.807) is 17.4 Å². The highest BCUT2D eigenvalue weighted by Gasteiger charge is 2.30. The molecule has 1 unspecified atom stereocenters. The van der Waals surface area contributed by atoms with Crippen LogP contribution >= 0.6 is 0 Å². The normalized spacial score (nSPS) is 17.9. The minimum atomic E-state index is -0.790. The summed E-state index contributed by atoms with van der Waals surface area (Å²) >= 11 is 0. The molecule has 0 aliphatic carbocycles. The highest BCUT2D eigenvalue weighted by Crippen LogP contribution is 2.35. The standard InChI is InChI=1S/C13H16N6O/c1-3-19-11-8(7(2)17-13(14)18-11)4-9(12(19)20)10-5-15-6-16-10/h4-6,12,20H,3H2,1-2H3,(H,15,16)(H2,14,17,18). The smallest absolute Gasteiger partial charge is 0.222 e. The van der Waals surface area contributed by atoms with Crippen LogP contribution in [0.15, 0.2) is 12.5 Å². The van der Waals surface area contributed by atoms with E-state index < -0.39 is 6.23 Å². The molecular weight excluding hydrogens is 256 g/mol. The molecule has 2 aromatic heterocycles. The highest BCUT2D eigenvalue weighted by atomic mass is 16.3. The first-order valence-electron chi connectivity index (χ1n) is 6.41. The van der Waals surface area contributed by atoms with Gasteiger partial charge >= 0.3 is 0 Å². The Balaban J connectivity index is 2.22. The van der Waals surface area contributed by atoms with Gasteiger partial charge in [0.2, 0.25) is 5.95 Å². The molecule has 0 amide bonds. The lowest BCUT2D eigenvalue weighted by Crippen LogP contribution is -2.39. The molecule has 7 heteroatoms. The number of hydrogen-bond acceptors (Lipinski definition) is 6. The molecule has 0 bridgehead atoms. The summed E-state index contributed by atoms with van der Waals surface area (Å²) in [5.41, 5.74) is 8.88. The van der Waals surface area contributed by atoms with Gasteiger partial charge in [0, 0.05) is 17.7 Å². The molecule has 0 radical (unpaired) electrons. The largest absolute Gasteiger partial charge is 0.369 e. The van der Waals surface area contributed by atoms with E-state index in [-0.39, 0.29) is 5.95 Å². The van der Waals surface area contributed by atoms with Gasteiger partial charge < -0.3 is 20.7 Å². The minimum Gasteiger partial charge on any atom is -0.369 e. The maximum atomic E-state index is 10.5. The van der Waals surface area contributed by atoms with E-state index in [4.69, 9.17) is 5.73 Å². The van der Waals surface area contributed by atoms with Crippen molar-refractivity contribution in [3.8, 4) is 0 Å². The zero-order valence-electron chi connectivity index (χ0n) is 11.3. The number of rotatable bonds is 2. The second-order valence-electron chi connectivity index (χ2n) is 4.63. The predicted octanol–water partition coefficient (Wildman–Crippen LogP) is 0.789. The maximum Gasteiger partial charge on any atom is 0.222 e. The number of H-pyrrole nitrogens is 1. The van der Waals surface area contributed by atoms with Crippen molar-refractivity contribution < 1.29 is 5.11 Å². The molecule has 0 fully saturated rings. The third-order valence-electron chi connectivity index (χ3n) is 3.43. The second kappa shape index (κ2) is 4.61. The molecular formula is C13H16N6O. The molecule has 104 valence electrons. The zero-order chi connectivity index (χ0) is 14.3. The van der Waals surface area contributed by atoms with E-state index in [0.29, 0.717) is 12.4 Å². The number of anilines is 2. The van der Waals surface area contributed by atoms with E-state index >= 15 is 0 Å². The fourth-order valence-corrected chi connectivity index (χ4v) is 2.44. The van der Waals surface area contributed by atoms with Gasteiger partial charge in [-0.1, -0.05) is 0 Å². The molecule has 1 atom stereocenters. The number of nitrogens with zero attached hydrogens (tertiary/aromatic N) is 4. The van der Waals surface area contributed by atoms with Gasteiger partial charge in [0.1, 0.15) is 5.82 Å². The number of nitrogens with two attached hydrogens (primary N) is 1. The van der Waals surface area contributed by atoms with Crippen molar-refractivity contribution in [3.63, 3.8) is 0 Å². The van der Waals surface area contributed by atoms with Crippen LogP contribution in [0.2, 0.25) is 0 Å². The summed E-state index contributed by atoms with van der Waals surface area (Å²) < 4.78 is 0. The molecule has 7 nitrogen and oxygen atoms in total. The number of nitrogens with one attached hydrogen (secondary N) is 1. The highest BCUT2D eigenvalue weighted by molar-refractivity contribution is 5.90. The van der Waals surface area contributed by atoms with Gasteiger partial charge in [-0.2, -0.15) is 4.98 Å². The van der Waals surface area contributed by atoms with Crippen molar-refractivity contribution in [1.82, 2.24) is 19.9 Å². The average Bonchev–Trinajstić information content (AvgIpc) is 2.92. The zero-order valence-corrected chi connectivity index (χ0v) is 11.3. The Labute approximate surface area is 116 Å². The van der Waals surface area contributed by atoms with Gasteiger partial charge in [-0.05, 0) is 19.9 Å². The Kier molecular flexibility index (Phi) is 2.90. The number of nitrogen functional groups attached to an aromatic ring is 1. The SMILES string of the molecule is CCN1c2nc(N)nc(C)c2C=C(c2cnc[nH]2)C1O. The lowest BCUT2D eigenvalue weighted by atomic mass is 10.0. The minimum absolute atomic E-state index is 0.213. The second-order valence-corrected chi connectivity index (χ2v) is 4.63. The fraction of sp³-hybridized carbons (Fsp3) is 0.308. The van der Waals surface area contributed by atoms with E-state index in [9.17, 15) is 5.11 Å². The van der Waals surface area contributed by atoms with E-state index in [1.165, 1.54) is 0 Å². The first-order valence-corrected chi connectivity index (χ1v) is 6.41. The van der Waals surface area contributed by atoms with Crippen molar-refractivity contribution in [1.29, 1.82) is 0 Å². The molecule has 3 heterocycles. The summed E-state index contributed by atoms with van der Waals surface area (Å²) in [6, 6.07) is 0. The van der Waals surface area contributed by atoms with Crippen molar-refractivity contribution in [2.75, 3.05) is 17.2 Å². The quantitative estimate of drug-likeness (QED) is 0.746. The van der Waals surface area contributed by atoms with Crippen LogP contribution in [0.5, 0.6) is 0 Å². The Morgan fingerprint density at radius 3 is 2.90 bits per heavy atom. The van der Waals surface area contributed by atoms with E-state index in [1.807, 2.05) is 19.9 Å². The molecule has 2 aromatic rings.